The van der Waals surface area contributed by atoms with E-state index in [0.29, 0.717) is 11.8 Å². The Bertz CT molecular complexity index is 294. The Balaban J connectivity index is 2.27. The topological polar surface area (TPSA) is 35.6 Å². The van der Waals surface area contributed by atoms with Gasteiger partial charge < -0.3 is 15.1 Å². The molecule has 1 aliphatic rings. The number of carbonyl (C=O) groups is 1. The average molecular weight is 297 g/mol. The van der Waals surface area contributed by atoms with E-state index < -0.39 is 0 Å². The number of nitrogens with zero attached hydrogens (tertiary/aromatic N) is 2. The molecule has 4 nitrogen and oxygen atoms in total. The number of rotatable bonds is 8. The molecule has 0 radical (unpaired) electrons. The zero-order valence-corrected chi connectivity index (χ0v) is 14.7. The second-order valence-corrected chi connectivity index (χ2v) is 6.75. The summed E-state index contributed by atoms with van der Waals surface area (Å²) in [5, 5.41) is 3.40. The molecule has 0 unspecified atom stereocenters. The Morgan fingerprint density at radius 3 is 2.33 bits per heavy atom. The summed E-state index contributed by atoms with van der Waals surface area (Å²) in [4.78, 5) is 17.0. The van der Waals surface area contributed by atoms with Gasteiger partial charge in [0.05, 0.1) is 6.04 Å². The van der Waals surface area contributed by atoms with E-state index in [2.05, 4.69) is 42.8 Å². The summed E-state index contributed by atoms with van der Waals surface area (Å²) in [7, 11) is 0. The maximum absolute atomic E-state index is 12.5. The molecule has 1 N–H and O–H groups in total. The summed E-state index contributed by atoms with van der Waals surface area (Å²) in [6.45, 7) is 17.0. The monoisotopic (exact) mass is 297 g/mol. The van der Waals surface area contributed by atoms with Crippen LogP contribution in [-0.2, 0) is 4.79 Å². The lowest BCUT2D eigenvalue weighted by Crippen LogP contribution is -2.50. The van der Waals surface area contributed by atoms with E-state index in [1.807, 2.05) is 6.92 Å². The lowest BCUT2D eigenvalue weighted by Gasteiger charge is -2.36. The van der Waals surface area contributed by atoms with E-state index in [1.165, 1.54) is 6.42 Å². The van der Waals surface area contributed by atoms with Gasteiger partial charge in [-0.25, -0.2) is 0 Å². The second kappa shape index (κ2) is 9.42. The minimum atomic E-state index is -0.0563. The molecule has 0 aromatic rings. The van der Waals surface area contributed by atoms with E-state index >= 15 is 0 Å². The van der Waals surface area contributed by atoms with Crippen molar-refractivity contribution in [2.75, 3.05) is 39.3 Å². The molecule has 0 saturated carbocycles. The van der Waals surface area contributed by atoms with Crippen molar-refractivity contribution in [3.63, 3.8) is 0 Å². The predicted octanol–water partition coefficient (Wildman–Crippen LogP) is 2.20. The van der Waals surface area contributed by atoms with Crippen molar-refractivity contribution in [1.29, 1.82) is 0 Å². The highest BCUT2D eigenvalue weighted by Gasteiger charge is 2.27. The SMILES string of the molecule is CCN(CC)CCCN[C@H](C)C(=O)N1C[C@@H](C)C[C@H](C)C1. The Kier molecular flexibility index (Phi) is 8.27. The summed E-state index contributed by atoms with van der Waals surface area (Å²) in [6, 6.07) is -0.0563. The molecule has 1 amide bonds. The van der Waals surface area contributed by atoms with Gasteiger partial charge in [0.1, 0.15) is 0 Å². The first-order valence-corrected chi connectivity index (χ1v) is 8.72. The highest BCUT2D eigenvalue weighted by Crippen LogP contribution is 2.21. The van der Waals surface area contributed by atoms with Crippen LogP contribution >= 0.6 is 0 Å². The molecule has 0 aromatic carbocycles. The van der Waals surface area contributed by atoms with Gasteiger partial charge in [-0.05, 0) is 57.8 Å². The molecule has 21 heavy (non-hydrogen) atoms. The number of hydrogen-bond acceptors (Lipinski definition) is 3. The lowest BCUT2D eigenvalue weighted by molar-refractivity contribution is -0.135. The molecule has 1 saturated heterocycles. The molecule has 0 aromatic heterocycles. The largest absolute Gasteiger partial charge is 0.341 e. The normalized spacial score (nSPS) is 24.4. The molecular weight excluding hydrogens is 262 g/mol. The van der Waals surface area contributed by atoms with Crippen LogP contribution in [0.25, 0.3) is 0 Å². The fourth-order valence-corrected chi connectivity index (χ4v) is 3.37. The Morgan fingerprint density at radius 1 is 1.24 bits per heavy atom. The van der Waals surface area contributed by atoms with Crippen molar-refractivity contribution < 1.29 is 4.79 Å². The zero-order valence-electron chi connectivity index (χ0n) is 14.7. The van der Waals surface area contributed by atoms with Crippen LogP contribution in [0.5, 0.6) is 0 Å². The molecule has 3 atom stereocenters. The summed E-state index contributed by atoms with van der Waals surface area (Å²) in [6.07, 6.45) is 2.35. The van der Waals surface area contributed by atoms with Gasteiger partial charge in [0, 0.05) is 13.1 Å². The van der Waals surface area contributed by atoms with Gasteiger partial charge >= 0.3 is 0 Å². The molecule has 124 valence electrons. The molecule has 1 aliphatic heterocycles. The summed E-state index contributed by atoms with van der Waals surface area (Å²) >= 11 is 0. The van der Waals surface area contributed by atoms with Gasteiger partial charge in [-0.1, -0.05) is 27.7 Å². The van der Waals surface area contributed by atoms with E-state index in [1.54, 1.807) is 0 Å². The van der Waals surface area contributed by atoms with Crippen molar-refractivity contribution >= 4 is 5.91 Å². The minimum absolute atomic E-state index is 0.0563. The number of hydrogen-bond donors (Lipinski definition) is 1. The van der Waals surface area contributed by atoms with Crippen LogP contribution < -0.4 is 5.32 Å². The van der Waals surface area contributed by atoms with E-state index in [-0.39, 0.29) is 11.9 Å². The third-order valence-electron chi connectivity index (χ3n) is 4.55. The molecule has 0 aliphatic carbocycles. The van der Waals surface area contributed by atoms with Crippen molar-refractivity contribution in [2.24, 2.45) is 11.8 Å². The number of carbonyl (C=O) groups excluding carboxylic acids is 1. The highest BCUT2D eigenvalue weighted by molar-refractivity contribution is 5.81. The Hall–Kier alpha value is -0.610. The zero-order chi connectivity index (χ0) is 15.8. The van der Waals surface area contributed by atoms with Crippen LogP contribution in [0.1, 0.15) is 47.5 Å². The van der Waals surface area contributed by atoms with Crippen LogP contribution in [0.15, 0.2) is 0 Å². The second-order valence-electron chi connectivity index (χ2n) is 6.75. The predicted molar refractivity (Wildman–Crippen MR) is 89.4 cm³/mol. The minimum Gasteiger partial charge on any atom is -0.341 e. The van der Waals surface area contributed by atoms with Gasteiger partial charge in [-0.15, -0.1) is 0 Å². The fraction of sp³-hybridized carbons (Fsp3) is 0.941. The van der Waals surface area contributed by atoms with Crippen molar-refractivity contribution in [3.8, 4) is 0 Å². The number of likely N-dealkylation sites (tertiary alicyclic amines) is 1. The van der Waals surface area contributed by atoms with Crippen LogP contribution in [0.2, 0.25) is 0 Å². The molecule has 1 rings (SSSR count). The molecule has 0 bridgehead atoms. The maximum atomic E-state index is 12.5. The quantitative estimate of drug-likeness (QED) is 0.698. The lowest BCUT2D eigenvalue weighted by atomic mass is 9.91. The molecule has 1 fully saturated rings. The number of piperidine rings is 1. The van der Waals surface area contributed by atoms with E-state index in [9.17, 15) is 4.79 Å². The first-order valence-electron chi connectivity index (χ1n) is 8.72. The first-order chi connectivity index (χ1) is 9.97. The smallest absolute Gasteiger partial charge is 0.239 e. The van der Waals surface area contributed by atoms with Gasteiger partial charge in [0.15, 0.2) is 0 Å². The van der Waals surface area contributed by atoms with E-state index in [4.69, 9.17) is 0 Å². The van der Waals surface area contributed by atoms with Gasteiger partial charge in [0.25, 0.3) is 0 Å². The van der Waals surface area contributed by atoms with Crippen LogP contribution in [0.4, 0.5) is 0 Å². The van der Waals surface area contributed by atoms with Crippen molar-refractivity contribution in [2.45, 2.75) is 53.5 Å². The van der Waals surface area contributed by atoms with Crippen LogP contribution in [-0.4, -0.2) is 61.0 Å². The van der Waals surface area contributed by atoms with Gasteiger partial charge in [-0.3, -0.25) is 4.79 Å². The fourth-order valence-electron chi connectivity index (χ4n) is 3.37. The number of amides is 1. The summed E-state index contributed by atoms with van der Waals surface area (Å²) < 4.78 is 0. The Labute approximate surface area is 131 Å². The molecule has 0 spiro atoms. The summed E-state index contributed by atoms with van der Waals surface area (Å²) in [5.74, 6) is 1.54. The number of nitrogens with one attached hydrogen (secondary N) is 1. The van der Waals surface area contributed by atoms with Gasteiger partial charge in [-0.2, -0.15) is 0 Å². The average Bonchev–Trinajstić information content (AvgIpc) is 2.45. The maximum Gasteiger partial charge on any atom is 0.239 e. The standard InChI is InChI=1S/C17H35N3O/c1-6-19(7-2)10-8-9-18-16(5)17(21)20-12-14(3)11-15(4)13-20/h14-16,18H,6-13H2,1-5H3/t14-,15-,16+/m0/s1. The van der Waals surface area contributed by atoms with Crippen LogP contribution in [0, 0.1) is 11.8 Å². The summed E-state index contributed by atoms with van der Waals surface area (Å²) in [5.41, 5.74) is 0. The van der Waals surface area contributed by atoms with Crippen LogP contribution in [0.3, 0.4) is 0 Å². The van der Waals surface area contributed by atoms with Gasteiger partial charge in [0.2, 0.25) is 5.91 Å². The molecule has 4 heteroatoms. The highest BCUT2D eigenvalue weighted by atomic mass is 16.2. The molecular formula is C17H35N3O. The Morgan fingerprint density at radius 2 is 1.81 bits per heavy atom. The van der Waals surface area contributed by atoms with E-state index in [0.717, 1.165) is 45.7 Å². The third-order valence-corrected chi connectivity index (χ3v) is 4.55. The first kappa shape index (κ1) is 18.4. The van der Waals surface area contributed by atoms with Crippen molar-refractivity contribution in [3.05, 3.63) is 0 Å². The van der Waals surface area contributed by atoms with Crippen molar-refractivity contribution in [1.82, 2.24) is 15.1 Å². The third kappa shape index (κ3) is 6.35. The molecule has 1 heterocycles.